The van der Waals surface area contributed by atoms with Crippen LogP contribution in [0.3, 0.4) is 0 Å². The molecule has 0 saturated carbocycles. The minimum absolute atomic E-state index is 0.0414. The number of hydrogen-bond acceptors (Lipinski definition) is 5. The molecule has 0 atom stereocenters. The van der Waals surface area contributed by atoms with E-state index in [1.165, 1.54) is 13.3 Å². The van der Waals surface area contributed by atoms with Gasteiger partial charge >= 0.3 is 5.97 Å². The first-order chi connectivity index (χ1) is 10.3. The Kier molecular flexibility index (Phi) is 4.61. The van der Waals surface area contributed by atoms with E-state index < -0.39 is 5.97 Å². The van der Waals surface area contributed by atoms with Crippen LogP contribution in [0.1, 0.15) is 46.4 Å². The summed E-state index contributed by atoms with van der Waals surface area (Å²) >= 11 is 1.08. The molecule has 0 radical (unpaired) electrons. The molecule has 2 rings (SSSR count). The maximum atomic E-state index is 12.2. The van der Waals surface area contributed by atoms with Crippen LogP contribution in [0.2, 0.25) is 0 Å². The number of benzene rings is 1. The number of anilines is 1. The standard InChI is InChI=1S/C16H18N2O3S/c1-16(2,3)11-7-5-10(6-8-11)13(19)18-15-17-9-12(22-15)14(20)21-4/h5-9H,1-4H3,(H,17,18,19). The van der Waals surface area contributed by atoms with Crippen LogP contribution in [0, 0.1) is 0 Å². The molecule has 0 fully saturated rings. The molecule has 1 aromatic heterocycles. The number of carbonyl (C=O) groups is 2. The van der Waals surface area contributed by atoms with Crippen molar-refractivity contribution < 1.29 is 14.3 Å². The van der Waals surface area contributed by atoms with Gasteiger partial charge in [0, 0.05) is 5.56 Å². The Balaban J connectivity index is 2.09. The lowest BCUT2D eigenvalue weighted by atomic mass is 9.87. The molecule has 6 heteroatoms. The van der Waals surface area contributed by atoms with E-state index >= 15 is 0 Å². The first kappa shape index (κ1) is 16.2. The Morgan fingerprint density at radius 1 is 1.18 bits per heavy atom. The number of methoxy groups -OCH3 is 1. The number of rotatable bonds is 3. The minimum atomic E-state index is -0.465. The fraction of sp³-hybridized carbons (Fsp3) is 0.312. The Morgan fingerprint density at radius 2 is 1.82 bits per heavy atom. The van der Waals surface area contributed by atoms with Crippen molar-refractivity contribution in [2.75, 3.05) is 12.4 Å². The van der Waals surface area contributed by atoms with Crippen LogP contribution in [-0.2, 0) is 10.2 Å². The number of esters is 1. The molecule has 1 aromatic carbocycles. The molecular formula is C16H18N2O3S. The van der Waals surface area contributed by atoms with E-state index in [4.69, 9.17) is 0 Å². The molecule has 0 bridgehead atoms. The summed E-state index contributed by atoms with van der Waals surface area (Å²) in [5.41, 5.74) is 1.74. The van der Waals surface area contributed by atoms with Gasteiger partial charge in [0.15, 0.2) is 5.13 Å². The third kappa shape index (κ3) is 3.71. The highest BCUT2D eigenvalue weighted by Crippen LogP contribution is 2.23. The topological polar surface area (TPSA) is 68.3 Å². The highest BCUT2D eigenvalue weighted by atomic mass is 32.1. The summed E-state index contributed by atoms with van der Waals surface area (Å²) in [5, 5.41) is 3.04. The van der Waals surface area contributed by atoms with E-state index in [0.29, 0.717) is 15.6 Å². The summed E-state index contributed by atoms with van der Waals surface area (Å²) in [5.74, 6) is -0.723. The molecule has 0 aliphatic carbocycles. The van der Waals surface area contributed by atoms with Crippen molar-refractivity contribution in [3.05, 3.63) is 46.5 Å². The number of amides is 1. The van der Waals surface area contributed by atoms with E-state index in [9.17, 15) is 9.59 Å². The van der Waals surface area contributed by atoms with E-state index in [-0.39, 0.29) is 11.3 Å². The lowest BCUT2D eigenvalue weighted by Crippen LogP contribution is -2.14. The number of thiazole rings is 1. The second kappa shape index (κ2) is 6.27. The summed E-state index contributed by atoms with van der Waals surface area (Å²) in [7, 11) is 1.30. The number of ether oxygens (including phenoxy) is 1. The predicted octanol–water partition coefficient (Wildman–Crippen LogP) is 3.48. The Labute approximate surface area is 133 Å². The molecule has 0 unspecified atom stereocenters. The van der Waals surface area contributed by atoms with Crippen LogP contribution in [0.5, 0.6) is 0 Å². The fourth-order valence-corrected chi connectivity index (χ4v) is 2.55. The molecule has 0 saturated heterocycles. The minimum Gasteiger partial charge on any atom is -0.465 e. The zero-order valence-corrected chi connectivity index (χ0v) is 13.8. The van der Waals surface area contributed by atoms with Gasteiger partial charge in [-0.3, -0.25) is 10.1 Å². The number of carbonyl (C=O) groups excluding carboxylic acids is 2. The van der Waals surface area contributed by atoms with Crippen LogP contribution >= 0.6 is 11.3 Å². The summed E-state index contributed by atoms with van der Waals surface area (Å²) < 4.78 is 4.60. The summed E-state index contributed by atoms with van der Waals surface area (Å²) in [6, 6.07) is 7.45. The summed E-state index contributed by atoms with van der Waals surface area (Å²) in [6.45, 7) is 6.35. The molecule has 2 aromatic rings. The molecule has 22 heavy (non-hydrogen) atoms. The third-order valence-electron chi connectivity index (χ3n) is 3.13. The van der Waals surface area contributed by atoms with Crippen molar-refractivity contribution in [1.82, 2.24) is 4.98 Å². The second-order valence-corrected chi connectivity index (χ2v) is 6.83. The van der Waals surface area contributed by atoms with Crippen LogP contribution < -0.4 is 5.32 Å². The maximum absolute atomic E-state index is 12.2. The van der Waals surface area contributed by atoms with Gasteiger partial charge < -0.3 is 4.74 Å². The molecule has 0 aliphatic rings. The summed E-state index contributed by atoms with van der Waals surface area (Å²) in [6.07, 6.45) is 1.38. The monoisotopic (exact) mass is 318 g/mol. The Bertz CT molecular complexity index is 684. The zero-order valence-electron chi connectivity index (χ0n) is 13.0. The smallest absolute Gasteiger partial charge is 0.349 e. The van der Waals surface area contributed by atoms with Crippen LogP contribution in [0.15, 0.2) is 30.5 Å². The molecule has 0 aliphatic heterocycles. The first-order valence-corrected chi connectivity index (χ1v) is 7.59. The highest BCUT2D eigenvalue weighted by Gasteiger charge is 2.16. The molecule has 1 N–H and O–H groups in total. The quantitative estimate of drug-likeness (QED) is 0.880. The van der Waals surface area contributed by atoms with Gasteiger partial charge in [-0.2, -0.15) is 0 Å². The van der Waals surface area contributed by atoms with Crippen LogP contribution in [0.4, 0.5) is 5.13 Å². The van der Waals surface area contributed by atoms with Gasteiger partial charge in [-0.05, 0) is 23.1 Å². The largest absolute Gasteiger partial charge is 0.465 e. The molecule has 1 amide bonds. The summed E-state index contributed by atoms with van der Waals surface area (Å²) in [4.78, 5) is 27.9. The predicted molar refractivity (Wildman–Crippen MR) is 86.5 cm³/mol. The van der Waals surface area contributed by atoms with Gasteiger partial charge in [0.2, 0.25) is 0 Å². The number of aromatic nitrogens is 1. The number of hydrogen-bond donors (Lipinski definition) is 1. The van der Waals surface area contributed by atoms with Crippen molar-refractivity contribution in [2.24, 2.45) is 0 Å². The molecule has 1 heterocycles. The second-order valence-electron chi connectivity index (χ2n) is 5.80. The van der Waals surface area contributed by atoms with Gasteiger partial charge in [-0.1, -0.05) is 44.2 Å². The number of nitrogens with one attached hydrogen (secondary N) is 1. The van der Waals surface area contributed by atoms with E-state index in [1.54, 1.807) is 12.1 Å². The molecule has 5 nitrogen and oxygen atoms in total. The van der Waals surface area contributed by atoms with Crippen molar-refractivity contribution >= 4 is 28.3 Å². The van der Waals surface area contributed by atoms with Crippen LogP contribution in [0.25, 0.3) is 0 Å². The van der Waals surface area contributed by atoms with E-state index in [0.717, 1.165) is 16.9 Å². The van der Waals surface area contributed by atoms with Crippen molar-refractivity contribution in [1.29, 1.82) is 0 Å². The first-order valence-electron chi connectivity index (χ1n) is 6.77. The van der Waals surface area contributed by atoms with Gasteiger partial charge in [0.1, 0.15) is 4.88 Å². The Morgan fingerprint density at radius 3 is 2.36 bits per heavy atom. The molecule has 116 valence electrons. The van der Waals surface area contributed by atoms with Gasteiger partial charge in [0.25, 0.3) is 5.91 Å². The average molecular weight is 318 g/mol. The average Bonchev–Trinajstić information content (AvgIpc) is 2.94. The maximum Gasteiger partial charge on any atom is 0.349 e. The van der Waals surface area contributed by atoms with Gasteiger partial charge in [0.05, 0.1) is 13.3 Å². The van der Waals surface area contributed by atoms with Crippen LogP contribution in [-0.4, -0.2) is 24.0 Å². The lowest BCUT2D eigenvalue weighted by molar-refractivity contribution is 0.0606. The van der Waals surface area contributed by atoms with E-state index in [2.05, 4.69) is 35.8 Å². The normalized spacial score (nSPS) is 11.1. The Hall–Kier alpha value is -2.21. The lowest BCUT2D eigenvalue weighted by Gasteiger charge is -2.18. The highest BCUT2D eigenvalue weighted by molar-refractivity contribution is 7.17. The molecular weight excluding hydrogens is 300 g/mol. The fourth-order valence-electron chi connectivity index (χ4n) is 1.82. The van der Waals surface area contributed by atoms with Crippen molar-refractivity contribution in [2.45, 2.75) is 26.2 Å². The van der Waals surface area contributed by atoms with E-state index in [1.807, 2.05) is 12.1 Å². The van der Waals surface area contributed by atoms with Crippen molar-refractivity contribution in [3.63, 3.8) is 0 Å². The third-order valence-corrected chi connectivity index (χ3v) is 4.02. The van der Waals surface area contributed by atoms with Gasteiger partial charge in [-0.25, -0.2) is 9.78 Å². The van der Waals surface area contributed by atoms with Crippen molar-refractivity contribution in [3.8, 4) is 0 Å². The molecule has 0 spiro atoms. The number of nitrogens with zero attached hydrogens (tertiary/aromatic N) is 1. The zero-order chi connectivity index (χ0) is 16.3. The SMILES string of the molecule is COC(=O)c1cnc(NC(=O)c2ccc(C(C)(C)C)cc2)s1. The van der Waals surface area contributed by atoms with Gasteiger partial charge in [-0.15, -0.1) is 0 Å².